The molecule has 7 heterocycles. The largest absolute Gasteiger partial charge is 0.477 e. The maximum absolute atomic E-state index is 12.6. The Balaban J connectivity index is 0.933. The molecular formula is C66H64N8O10S2. The smallest absolute Gasteiger partial charge is 0.354 e. The molecule has 18 nitrogen and oxygen atoms in total. The number of hydrogen-bond acceptors (Lipinski definition) is 18. The highest BCUT2D eigenvalue weighted by Crippen LogP contribution is 2.30. The van der Waals surface area contributed by atoms with Gasteiger partial charge in [0.15, 0.2) is 0 Å². The number of thioether (sulfide) groups is 2. The fourth-order valence-corrected chi connectivity index (χ4v) is 10.3. The molecule has 8 aromatic rings. The summed E-state index contributed by atoms with van der Waals surface area (Å²) in [7, 11) is 3.28. The van der Waals surface area contributed by atoms with Gasteiger partial charge in [0.05, 0.1) is 118 Å². The molecular weight excluding hydrogens is 1130 g/mol. The molecule has 0 spiro atoms. The lowest BCUT2D eigenvalue weighted by molar-refractivity contribution is 0.0286. The van der Waals surface area contributed by atoms with Crippen molar-refractivity contribution >= 4 is 47.1 Å². The number of fused-ring (bicyclic) bond motifs is 10. The predicted molar refractivity (Wildman–Crippen MR) is 329 cm³/mol. The SMILES string of the molecule is COCCOCCOCCSc1ccc(C#Cc2cc(CN3Cc4cccc(n4)-c4cccc(n4)N(Cc4cc(C#Cc5ccc(SCCOCCOCCOC)cc5)cc(C(=O)O)n4)c4cccc(n4)-c4cccc(n4)C3)nc(C(=O)O)c2)cc1. The van der Waals surface area contributed by atoms with Crippen molar-refractivity contribution in [3.8, 4) is 46.5 Å². The molecule has 0 fully saturated rings. The number of pyridine rings is 6. The second kappa shape index (κ2) is 32.8. The van der Waals surface area contributed by atoms with Crippen molar-refractivity contribution in [3.63, 3.8) is 0 Å². The van der Waals surface area contributed by atoms with Crippen LogP contribution in [0.3, 0.4) is 0 Å². The van der Waals surface area contributed by atoms with Crippen molar-refractivity contribution in [2.45, 2.75) is 36.0 Å². The number of benzene rings is 2. The minimum atomic E-state index is -1.19. The Kier molecular flexibility index (Phi) is 23.7. The summed E-state index contributed by atoms with van der Waals surface area (Å²) in [5, 5.41) is 20.5. The molecule has 1 aliphatic heterocycles. The highest BCUT2D eigenvalue weighted by Gasteiger charge is 2.21. The van der Waals surface area contributed by atoms with Crippen LogP contribution in [0.15, 0.2) is 155 Å². The lowest BCUT2D eigenvalue weighted by Gasteiger charge is -2.24. The molecule has 0 aliphatic carbocycles. The van der Waals surface area contributed by atoms with Crippen LogP contribution in [-0.4, -0.2) is 149 Å². The first kappa shape index (κ1) is 62.2. The number of aromatic nitrogens is 6. The zero-order valence-electron chi connectivity index (χ0n) is 47.7. The van der Waals surface area contributed by atoms with Gasteiger partial charge in [-0.2, -0.15) is 0 Å². The number of hydrogen-bond donors (Lipinski definition) is 2. The van der Waals surface area contributed by atoms with E-state index in [2.05, 4.69) is 38.5 Å². The molecule has 440 valence electrons. The third kappa shape index (κ3) is 19.3. The monoisotopic (exact) mass is 1190 g/mol. The number of rotatable bonds is 26. The maximum atomic E-state index is 12.6. The molecule has 9 rings (SSSR count). The predicted octanol–water partition coefficient (Wildman–Crippen LogP) is 9.98. The van der Waals surface area contributed by atoms with Crippen molar-refractivity contribution in [1.82, 2.24) is 34.8 Å². The first-order valence-corrected chi connectivity index (χ1v) is 29.8. The summed E-state index contributed by atoms with van der Waals surface area (Å²) in [5.74, 6) is 13.0. The van der Waals surface area contributed by atoms with E-state index in [1.54, 1.807) is 43.8 Å². The normalized spacial score (nSPS) is 12.0. The van der Waals surface area contributed by atoms with E-state index >= 15 is 0 Å². The van der Waals surface area contributed by atoms with Gasteiger partial charge in [0.2, 0.25) is 0 Å². The van der Waals surface area contributed by atoms with E-state index in [0.717, 1.165) is 43.8 Å². The topological polar surface area (TPSA) is 214 Å². The third-order valence-electron chi connectivity index (χ3n) is 12.8. The van der Waals surface area contributed by atoms with Gasteiger partial charge in [-0.05, 0) is 121 Å². The fourth-order valence-electron chi connectivity index (χ4n) is 8.77. The summed E-state index contributed by atoms with van der Waals surface area (Å²) in [4.78, 5) is 61.0. The van der Waals surface area contributed by atoms with Crippen LogP contribution in [-0.2, 0) is 54.6 Å². The first-order valence-electron chi connectivity index (χ1n) is 27.8. The lowest BCUT2D eigenvalue weighted by atomic mass is 10.1. The summed E-state index contributed by atoms with van der Waals surface area (Å²) in [6.07, 6.45) is 0. The van der Waals surface area contributed by atoms with Crippen molar-refractivity contribution in [2.24, 2.45) is 0 Å². The molecule has 0 saturated heterocycles. The average Bonchev–Trinajstić information content (AvgIpc) is 3.42. The van der Waals surface area contributed by atoms with Gasteiger partial charge in [-0.1, -0.05) is 47.9 Å². The Labute approximate surface area is 508 Å². The minimum Gasteiger partial charge on any atom is -0.477 e. The zero-order valence-corrected chi connectivity index (χ0v) is 49.4. The van der Waals surface area contributed by atoms with Crippen LogP contribution in [0.4, 0.5) is 11.6 Å². The summed E-state index contributed by atoms with van der Waals surface area (Å²) in [5.41, 5.74) is 7.03. The van der Waals surface area contributed by atoms with Crippen LogP contribution in [0.25, 0.3) is 22.8 Å². The van der Waals surface area contributed by atoms with E-state index in [-0.39, 0.29) is 24.5 Å². The van der Waals surface area contributed by atoms with Crippen molar-refractivity contribution in [3.05, 3.63) is 202 Å². The Bertz CT molecular complexity index is 3590. The maximum Gasteiger partial charge on any atom is 0.354 e. The van der Waals surface area contributed by atoms with Gasteiger partial charge in [0.25, 0.3) is 0 Å². The van der Waals surface area contributed by atoms with Gasteiger partial charge in [0, 0.05) is 77.4 Å². The van der Waals surface area contributed by atoms with Gasteiger partial charge in [-0.15, -0.1) is 23.5 Å². The van der Waals surface area contributed by atoms with Crippen molar-refractivity contribution < 1.29 is 48.2 Å². The van der Waals surface area contributed by atoms with Crippen LogP contribution in [0.5, 0.6) is 0 Å². The average molecular weight is 1190 g/mol. The van der Waals surface area contributed by atoms with Crippen molar-refractivity contribution in [2.75, 3.05) is 96.7 Å². The number of aromatic carboxylic acids is 2. The molecule has 0 radical (unpaired) electrons. The number of methoxy groups -OCH3 is 2. The number of anilines is 2. The van der Waals surface area contributed by atoms with E-state index in [1.807, 2.05) is 132 Å². The molecule has 20 heteroatoms. The molecule has 6 aromatic heterocycles. The van der Waals surface area contributed by atoms with Crippen LogP contribution in [0.1, 0.15) is 66.0 Å². The molecule has 8 bridgehead atoms. The standard InChI is InChI=1S/C66H64N8O10S2/c1-79-27-29-81-31-33-83-35-37-85-55-23-19-47(20-24-55)15-17-49-39-53(69-61(41-49)65(75)76)45-73-43-51-7-3-9-57(67-51)59-11-5-13-63(71-59)74(64-14-6-12-60(72-64)58-10-4-8-52(44-73)68-58)46-54-40-50(42-62(70-54)66(77)78)18-16-48-21-25-56(26-22-48)86-38-36-84-34-32-82-30-28-80-2/h3-14,19-26,39-42H,27-38,43-46H2,1-2H3,(H,75,76)(H,77,78). The van der Waals surface area contributed by atoms with Gasteiger partial charge in [-0.3, -0.25) is 4.90 Å². The number of carboxylic acid groups (broad SMARTS) is 2. The molecule has 0 unspecified atom stereocenters. The summed E-state index contributed by atoms with van der Waals surface area (Å²) in [6.45, 7) is 6.47. The summed E-state index contributed by atoms with van der Waals surface area (Å²) < 4.78 is 32.2. The van der Waals surface area contributed by atoms with E-state index < -0.39 is 11.9 Å². The highest BCUT2D eigenvalue weighted by molar-refractivity contribution is 7.99. The lowest BCUT2D eigenvalue weighted by Crippen LogP contribution is -2.25. The summed E-state index contributed by atoms with van der Waals surface area (Å²) >= 11 is 3.36. The molecule has 0 saturated carbocycles. The Hall–Kier alpha value is -8.38. The third-order valence-corrected chi connectivity index (χ3v) is 14.8. The second-order valence-corrected chi connectivity index (χ2v) is 21.6. The molecule has 0 atom stereocenters. The fraction of sp³-hybridized carbons (Fsp3) is 0.273. The molecule has 2 aromatic carbocycles. The van der Waals surface area contributed by atoms with E-state index in [9.17, 15) is 19.8 Å². The second-order valence-electron chi connectivity index (χ2n) is 19.3. The Morgan fingerprint density at radius 3 is 1.26 bits per heavy atom. The number of nitrogens with zero attached hydrogens (tertiary/aromatic N) is 8. The quantitative estimate of drug-likeness (QED) is 0.0293. The van der Waals surface area contributed by atoms with E-state index in [1.165, 1.54) is 12.1 Å². The van der Waals surface area contributed by atoms with Crippen LogP contribution >= 0.6 is 23.5 Å². The van der Waals surface area contributed by atoms with Crippen LogP contribution in [0, 0.1) is 23.7 Å². The number of ether oxygens (including phenoxy) is 6. The number of carbonyl (C=O) groups is 2. The Morgan fingerprint density at radius 1 is 0.442 bits per heavy atom. The molecule has 86 heavy (non-hydrogen) atoms. The Morgan fingerprint density at radius 2 is 0.826 bits per heavy atom. The minimum absolute atomic E-state index is 0.0802. The molecule has 2 N–H and O–H groups in total. The zero-order chi connectivity index (χ0) is 59.7. The van der Waals surface area contributed by atoms with Gasteiger partial charge >= 0.3 is 11.9 Å². The van der Waals surface area contributed by atoms with Crippen molar-refractivity contribution in [1.29, 1.82) is 0 Å². The molecule has 0 amide bonds. The highest BCUT2D eigenvalue weighted by atomic mass is 32.2. The van der Waals surface area contributed by atoms with Gasteiger partial charge in [-0.25, -0.2) is 39.5 Å². The van der Waals surface area contributed by atoms with Crippen LogP contribution < -0.4 is 4.90 Å². The molecule has 1 aliphatic rings. The van der Waals surface area contributed by atoms with Crippen LogP contribution in [0.2, 0.25) is 0 Å². The van der Waals surface area contributed by atoms with Gasteiger partial charge in [0.1, 0.15) is 23.0 Å². The van der Waals surface area contributed by atoms with E-state index in [4.69, 9.17) is 48.4 Å². The van der Waals surface area contributed by atoms with Gasteiger partial charge < -0.3 is 43.5 Å². The van der Waals surface area contributed by atoms with E-state index in [0.29, 0.717) is 136 Å². The first-order chi connectivity index (χ1) is 42.1. The number of carboxylic acids is 2. The summed E-state index contributed by atoms with van der Waals surface area (Å²) in [6, 6.07) is 45.1.